The molecule has 112 valence electrons. The molecule has 0 fully saturated rings. The van der Waals surface area contributed by atoms with E-state index in [4.69, 9.17) is 0 Å². The van der Waals surface area contributed by atoms with Crippen molar-refractivity contribution < 1.29 is 14.5 Å². The second-order valence-electron chi connectivity index (χ2n) is 4.82. The highest BCUT2D eigenvalue weighted by Crippen LogP contribution is 2.24. The van der Waals surface area contributed by atoms with Crippen LogP contribution in [0.4, 0.5) is 11.4 Å². The highest BCUT2D eigenvalue weighted by Gasteiger charge is 2.22. The number of ketones is 1. The van der Waals surface area contributed by atoms with E-state index in [2.05, 4.69) is 5.32 Å². The number of nitro groups is 1. The molecule has 0 unspecified atom stereocenters. The van der Waals surface area contributed by atoms with Crippen molar-refractivity contribution in [3.05, 3.63) is 69.3 Å². The number of hydrogen-bond acceptors (Lipinski definition) is 4. The third kappa shape index (κ3) is 3.17. The van der Waals surface area contributed by atoms with Crippen LogP contribution < -0.4 is 5.32 Å². The molecule has 2 aromatic carbocycles. The summed E-state index contributed by atoms with van der Waals surface area (Å²) in [5.74, 6) is -0.714. The first kappa shape index (κ1) is 15.4. The highest BCUT2D eigenvalue weighted by atomic mass is 16.6. The van der Waals surface area contributed by atoms with Gasteiger partial charge in [0.05, 0.1) is 4.92 Å². The van der Waals surface area contributed by atoms with Gasteiger partial charge in [-0.2, -0.15) is 0 Å². The van der Waals surface area contributed by atoms with Gasteiger partial charge >= 0.3 is 0 Å². The largest absolute Gasteiger partial charge is 0.322 e. The first-order valence-corrected chi connectivity index (χ1v) is 6.56. The fourth-order valence-corrected chi connectivity index (χ4v) is 2.10. The minimum absolute atomic E-state index is 0.0155. The number of para-hydroxylation sites is 1. The Kier molecular flexibility index (Phi) is 4.31. The van der Waals surface area contributed by atoms with Gasteiger partial charge in [-0.1, -0.05) is 24.3 Å². The zero-order valence-corrected chi connectivity index (χ0v) is 12.1. The van der Waals surface area contributed by atoms with Crippen molar-refractivity contribution in [2.75, 3.05) is 5.32 Å². The summed E-state index contributed by atoms with van der Waals surface area (Å²) < 4.78 is 0. The fourth-order valence-electron chi connectivity index (χ4n) is 2.10. The molecule has 0 aliphatic heterocycles. The molecule has 2 aromatic rings. The molecule has 0 aliphatic carbocycles. The molecule has 0 aromatic heterocycles. The van der Waals surface area contributed by atoms with Crippen LogP contribution in [0.5, 0.6) is 0 Å². The summed E-state index contributed by atoms with van der Waals surface area (Å²) in [7, 11) is 0. The van der Waals surface area contributed by atoms with E-state index in [0.717, 1.165) is 0 Å². The molecule has 22 heavy (non-hydrogen) atoms. The maximum absolute atomic E-state index is 12.3. The first-order chi connectivity index (χ1) is 10.4. The number of carbonyl (C=O) groups is 2. The van der Waals surface area contributed by atoms with Crippen LogP contribution in [-0.2, 0) is 0 Å². The average Bonchev–Trinajstić information content (AvgIpc) is 2.46. The number of anilines is 1. The molecule has 6 heteroatoms. The van der Waals surface area contributed by atoms with Gasteiger partial charge in [0.2, 0.25) is 0 Å². The second-order valence-corrected chi connectivity index (χ2v) is 4.82. The Labute approximate surface area is 126 Å². The molecular weight excluding hydrogens is 284 g/mol. The zero-order chi connectivity index (χ0) is 16.3. The van der Waals surface area contributed by atoms with Crippen molar-refractivity contribution in [3.63, 3.8) is 0 Å². The minimum Gasteiger partial charge on any atom is -0.322 e. The van der Waals surface area contributed by atoms with Gasteiger partial charge in [-0.3, -0.25) is 19.7 Å². The van der Waals surface area contributed by atoms with Crippen molar-refractivity contribution in [2.24, 2.45) is 0 Å². The Bertz CT molecular complexity index is 768. The fraction of sp³-hybridized carbons (Fsp3) is 0.125. The molecule has 1 N–H and O–H groups in total. The number of hydrogen-bond donors (Lipinski definition) is 1. The van der Waals surface area contributed by atoms with E-state index in [1.807, 2.05) is 0 Å². The molecule has 0 saturated heterocycles. The van der Waals surface area contributed by atoms with Crippen LogP contribution >= 0.6 is 0 Å². The van der Waals surface area contributed by atoms with Gasteiger partial charge in [-0.25, -0.2) is 0 Å². The van der Waals surface area contributed by atoms with E-state index in [-0.39, 0.29) is 17.0 Å². The Hall–Kier alpha value is -3.02. The number of benzene rings is 2. The van der Waals surface area contributed by atoms with E-state index in [0.29, 0.717) is 16.8 Å². The third-order valence-corrected chi connectivity index (χ3v) is 3.19. The molecule has 0 saturated carbocycles. The van der Waals surface area contributed by atoms with Gasteiger partial charge in [0.1, 0.15) is 5.56 Å². The summed E-state index contributed by atoms with van der Waals surface area (Å²) in [6.07, 6.45) is 0. The number of nitrogens with zero attached hydrogens (tertiary/aromatic N) is 1. The number of aryl methyl sites for hydroxylation is 1. The average molecular weight is 298 g/mol. The Balaban J connectivity index is 2.34. The van der Waals surface area contributed by atoms with Crippen molar-refractivity contribution in [2.45, 2.75) is 13.8 Å². The van der Waals surface area contributed by atoms with Crippen LogP contribution in [0, 0.1) is 17.0 Å². The first-order valence-electron chi connectivity index (χ1n) is 6.56. The summed E-state index contributed by atoms with van der Waals surface area (Å²) in [6, 6.07) is 11.0. The Morgan fingerprint density at radius 2 is 1.82 bits per heavy atom. The van der Waals surface area contributed by atoms with Gasteiger partial charge in [-0.05, 0) is 32.0 Å². The number of nitrogens with one attached hydrogen (secondary N) is 1. The topological polar surface area (TPSA) is 89.3 Å². The van der Waals surface area contributed by atoms with Crippen molar-refractivity contribution in [3.8, 4) is 0 Å². The summed E-state index contributed by atoms with van der Waals surface area (Å²) >= 11 is 0. The summed E-state index contributed by atoms with van der Waals surface area (Å²) in [5, 5.41) is 13.7. The number of rotatable bonds is 4. The number of Topliss-reactive ketones (excluding diaryl/α,β-unsaturated/α-hetero) is 1. The molecule has 0 spiro atoms. The van der Waals surface area contributed by atoms with Crippen LogP contribution in [0.15, 0.2) is 42.5 Å². The van der Waals surface area contributed by atoms with E-state index in [9.17, 15) is 19.7 Å². The zero-order valence-electron chi connectivity index (χ0n) is 12.1. The SMILES string of the molecule is CC(=O)c1cccc(NC(=O)c2cccc(C)c2[N+](=O)[O-])c1. The molecule has 0 bridgehead atoms. The van der Waals surface area contributed by atoms with Crippen molar-refractivity contribution in [1.29, 1.82) is 0 Å². The van der Waals surface area contributed by atoms with Gasteiger partial charge in [0.15, 0.2) is 5.78 Å². The summed E-state index contributed by atoms with van der Waals surface area (Å²) in [4.78, 5) is 34.2. The van der Waals surface area contributed by atoms with Crippen LogP contribution in [-0.4, -0.2) is 16.6 Å². The Morgan fingerprint density at radius 1 is 1.14 bits per heavy atom. The molecule has 0 radical (unpaired) electrons. The molecule has 0 atom stereocenters. The van der Waals surface area contributed by atoms with Crippen molar-refractivity contribution >= 4 is 23.1 Å². The van der Waals surface area contributed by atoms with Crippen molar-refractivity contribution in [1.82, 2.24) is 0 Å². The predicted molar refractivity (Wildman–Crippen MR) is 82.2 cm³/mol. The van der Waals surface area contributed by atoms with E-state index in [1.165, 1.54) is 19.1 Å². The molecule has 2 rings (SSSR count). The monoisotopic (exact) mass is 298 g/mol. The van der Waals surface area contributed by atoms with Gasteiger partial charge in [0, 0.05) is 16.8 Å². The molecule has 6 nitrogen and oxygen atoms in total. The van der Waals surface area contributed by atoms with Crippen LogP contribution in [0.25, 0.3) is 0 Å². The van der Waals surface area contributed by atoms with E-state index in [1.54, 1.807) is 37.3 Å². The lowest BCUT2D eigenvalue weighted by Gasteiger charge is -2.08. The van der Waals surface area contributed by atoms with E-state index >= 15 is 0 Å². The lowest BCUT2D eigenvalue weighted by atomic mass is 10.1. The quantitative estimate of drug-likeness (QED) is 0.532. The summed E-state index contributed by atoms with van der Waals surface area (Å²) in [6.45, 7) is 3.00. The minimum atomic E-state index is -0.587. The van der Waals surface area contributed by atoms with Crippen LogP contribution in [0.2, 0.25) is 0 Å². The van der Waals surface area contributed by atoms with Gasteiger partial charge < -0.3 is 5.32 Å². The molecule has 1 amide bonds. The maximum atomic E-state index is 12.3. The van der Waals surface area contributed by atoms with Gasteiger partial charge in [-0.15, -0.1) is 0 Å². The standard InChI is InChI=1S/C16H14N2O4/c1-10-5-3-8-14(15(10)18(21)22)16(20)17-13-7-4-6-12(9-13)11(2)19/h3-9H,1-2H3,(H,17,20). The normalized spacial score (nSPS) is 10.1. The number of carbonyl (C=O) groups excluding carboxylic acids is 2. The third-order valence-electron chi connectivity index (χ3n) is 3.19. The molecular formula is C16H14N2O4. The number of amides is 1. The maximum Gasteiger partial charge on any atom is 0.285 e. The van der Waals surface area contributed by atoms with Crippen LogP contribution in [0.1, 0.15) is 33.2 Å². The molecule has 0 aliphatic rings. The van der Waals surface area contributed by atoms with E-state index < -0.39 is 10.8 Å². The lowest BCUT2D eigenvalue weighted by molar-refractivity contribution is -0.385. The van der Waals surface area contributed by atoms with Gasteiger partial charge in [0.25, 0.3) is 11.6 Å². The lowest BCUT2D eigenvalue weighted by Crippen LogP contribution is -2.14. The highest BCUT2D eigenvalue weighted by molar-refractivity contribution is 6.08. The Morgan fingerprint density at radius 3 is 2.45 bits per heavy atom. The number of nitro benzene ring substituents is 1. The van der Waals surface area contributed by atoms with Crippen LogP contribution in [0.3, 0.4) is 0 Å². The summed E-state index contributed by atoms with van der Waals surface area (Å²) in [5.41, 5.74) is 1.04. The predicted octanol–water partition coefficient (Wildman–Crippen LogP) is 3.36. The smallest absolute Gasteiger partial charge is 0.285 e. The second kappa shape index (κ2) is 6.17. The molecule has 0 heterocycles.